The maximum atomic E-state index is 13.9. The standard InChI is InChI=1S/C41H40N2O12S/c1-2-50-29-20-18-28(19-21-29)42-24-41(35(46)32(45)30(22-44)55-41)43(40(42)56)36-34(54-39(49)27-16-10-5-11-17-27)33(53-38(48)26-14-8-4-9-15-26)31(52-36)23-51-37(47)25-12-6-3-7-13-25/h3-21,30-36,44-46H,2,22-24H2,1H3/t30-,31-,32-,33-,34-,35+,36-,41+/m1/s1. The molecule has 3 fully saturated rings. The summed E-state index contributed by atoms with van der Waals surface area (Å²) >= 11 is 6.08. The first kappa shape index (κ1) is 38.8. The number of aliphatic hydroxyl groups excluding tert-OH is 3. The summed E-state index contributed by atoms with van der Waals surface area (Å²) in [6.45, 7) is 0.985. The molecule has 0 bridgehead atoms. The molecule has 15 heteroatoms. The number of rotatable bonds is 12. The van der Waals surface area contributed by atoms with E-state index in [-0.39, 0.29) is 28.3 Å². The summed E-state index contributed by atoms with van der Waals surface area (Å²) in [6, 6.07) is 31.4. The van der Waals surface area contributed by atoms with E-state index in [1.807, 2.05) is 6.92 Å². The van der Waals surface area contributed by atoms with Gasteiger partial charge in [-0.1, -0.05) is 54.6 Å². The molecule has 8 atom stereocenters. The van der Waals surface area contributed by atoms with Gasteiger partial charge in [0.1, 0.15) is 36.8 Å². The number of ether oxygens (including phenoxy) is 6. The van der Waals surface area contributed by atoms with Crippen LogP contribution in [0.3, 0.4) is 0 Å². The highest BCUT2D eigenvalue weighted by Gasteiger charge is 2.68. The van der Waals surface area contributed by atoms with Gasteiger partial charge in [-0.2, -0.15) is 0 Å². The number of thiocarbonyl (C=S) groups is 1. The van der Waals surface area contributed by atoms with Gasteiger partial charge < -0.3 is 48.6 Å². The first-order chi connectivity index (χ1) is 27.1. The number of carbonyl (C=O) groups is 3. The lowest BCUT2D eigenvalue weighted by molar-refractivity contribution is -0.203. The second-order valence-electron chi connectivity index (χ2n) is 13.3. The average molecular weight is 785 g/mol. The van der Waals surface area contributed by atoms with Crippen molar-refractivity contribution in [3.05, 3.63) is 132 Å². The molecule has 3 aliphatic heterocycles. The molecular formula is C41H40N2O12S. The molecule has 7 rings (SSSR count). The summed E-state index contributed by atoms with van der Waals surface area (Å²) in [5, 5.41) is 33.2. The number of benzene rings is 4. The van der Waals surface area contributed by atoms with Gasteiger partial charge >= 0.3 is 17.9 Å². The maximum Gasteiger partial charge on any atom is 0.338 e. The minimum atomic E-state index is -1.91. The van der Waals surface area contributed by atoms with E-state index in [2.05, 4.69) is 0 Å². The smallest absolute Gasteiger partial charge is 0.338 e. The molecule has 3 heterocycles. The van der Waals surface area contributed by atoms with Gasteiger partial charge in [0.05, 0.1) is 36.4 Å². The van der Waals surface area contributed by atoms with Crippen LogP contribution in [0.1, 0.15) is 38.0 Å². The number of esters is 3. The SMILES string of the molecule is CCOc1ccc(N2C[C@@]3(O[C@H](CO)[C@@H](O)[C@@H]3O)N([C@@H]3O[C@H](COC(=O)c4ccccc4)[C@@H](OC(=O)c4ccccc4)[C@H]3OC(=O)c3ccccc3)C2=S)cc1. The van der Waals surface area contributed by atoms with Crippen molar-refractivity contribution in [1.82, 2.24) is 4.90 Å². The Morgan fingerprint density at radius 1 is 0.768 bits per heavy atom. The van der Waals surface area contributed by atoms with Crippen molar-refractivity contribution < 1.29 is 58.1 Å². The Labute approximate surface area is 327 Å². The quantitative estimate of drug-likeness (QED) is 0.108. The first-order valence-corrected chi connectivity index (χ1v) is 18.4. The monoisotopic (exact) mass is 784 g/mol. The predicted molar refractivity (Wildman–Crippen MR) is 203 cm³/mol. The van der Waals surface area contributed by atoms with Crippen LogP contribution in [-0.2, 0) is 23.7 Å². The van der Waals surface area contributed by atoms with E-state index in [0.717, 1.165) is 0 Å². The van der Waals surface area contributed by atoms with Crippen LogP contribution in [-0.4, -0.2) is 118 Å². The number of aliphatic hydroxyl groups is 3. The fraction of sp³-hybridized carbons (Fsp3) is 0.317. The molecule has 3 N–H and O–H groups in total. The Morgan fingerprint density at radius 3 is 1.82 bits per heavy atom. The van der Waals surface area contributed by atoms with Gasteiger partial charge in [-0.25, -0.2) is 14.4 Å². The van der Waals surface area contributed by atoms with E-state index >= 15 is 0 Å². The predicted octanol–water partition coefficient (Wildman–Crippen LogP) is 3.33. The van der Waals surface area contributed by atoms with E-state index in [9.17, 15) is 29.7 Å². The molecule has 14 nitrogen and oxygen atoms in total. The van der Waals surface area contributed by atoms with Crippen molar-refractivity contribution in [3.63, 3.8) is 0 Å². The molecule has 4 aromatic rings. The zero-order valence-electron chi connectivity index (χ0n) is 30.2. The molecule has 3 aliphatic rings. The van der Waals surface area contributed by atoms with Crippen LogP contribution in [0.25, 0.3) is 0 Å². The highest BCUT2D eigenvalue weighted by atomic mass is 32.1. The van der Waals surface area contributed by atoms with E-state index in [0.29, 0.717) is 18.0 Å². The van der Waals surface area contributed by atoms with E-state index in [4.69, 9.17) is 40.6 Å². The Balaban J connectivity index is 1.31. The Morgan fingerprint density at radius 2 is 1.30 bits per heavy atom. The van der Waals surface area contributed by atoms with Crippen molar-refractivity contribution in [2.24, 2.45) is 0 Å². The van der Waals surface area contributed by atoms with Crippen LogP contribution < -0.4 is 9.64 Å². The lowest BCUT2D eigenvalue weighted by Crippen LogP contribution is -2.62. The molecule has 0 saturated carbocycles. The van der Waals surface area contributed by atoms with E-state index in [1.54, 1.807) is 120 Å². The van der Waals surface area contributed by atoms with Gasteiger partial charge in [0.15, 0.2) is 29.3 Å². The Hall–Kier alpha value is -5.42. The highest BCUT2D eigenvalue weighted by Crippen LogP contribution is 2.46. The van der Waals surface area contributed by atoms with Crippen molar-refractivity contribution in [2.45, 2.75) is 55.5 Å². The third-order valence-corrected chi connectivity index (χ3v) is 10.2. The third-order valence-electron chi connectivity index (χ3n) is 9.82. The number of nitrogens with zero attached hydrogens (tertiary/aromatic N) is 2. The van der Waals surface area contributed by atoms with Crippen LogP contribution in [0.2, 0.25) is 0 Å². The lowest BCUT2D eigenvalue weighted by Gasteiger charge is -2.41. The van der Waals surface area contributed by atoms with Crippen LogP contribution in [0, 0.1) is 0 Å². The second-order valence-corrected chi connectivity index (χ2v) is 13.7. The first-order valence-electron chi connectivity index (χ1n) is 18.0. The van der Waals surface area contributed by atoms with Crippen LogP contribution >= 0.6 is 12.2 Å². The number of anilines is 1. The van der Waals surface area contributed by atoms with Crippen molar-refractivity contribution in [1.29, 1.82) is 0 Å². The molecule has 0 amide bonds. The number of hydrogen-bond donors (Lipinski definition) is 3. The molecule has 4 aromatic carbocycles. The maximum absolute atomic E-state index is 13.9. The fourth-order valence-electron chi connectivity index (χ4n) is 7.09. The summed E-state index contributed by atoms with van der Waals surface area (Å²) in [4.78, 5) is 43.8. The van der Waals surface area contributed by atoms with Crippen LogP contribution in [0.4, 0.5) is 5.69 Å². The molecule has 292 valence electrons. The molecule has 1 spiro atoms. The molecular weight excluding hydrogens is 745 g/mol. The molecule has 0 radical (unpaired) electrons. The normalized spacial score (nSPS) is 27.0. The molecule has 0 unspecified atom stereocenters. The fourth-order valence-corrected chi connectivity index (χ4v) is 7.52. The van der Waals surface area contributed by atoms with Crippen LogP contribution in [0.15, 0.2) is 115 Å². The van der Waals surface area contributed by atoms with E-state index in [1.165, 1.54) is 4.90 Å². The van der Waals surface area contributed by atoms with Gasteiger partial charge in [-0.15, -0.1) is 0 Å². The molecule has 3 saturated heterocycles. The Bertz CT molecular complexity index is 2010. The average Bonchev–Trinajstić information content (AvgIpc) is 3.80. The zero-order chi connectivity index (χ0) is 39.4. The van der Waals surface area contributed by atoms with Gasteiger partial charge in [0.25, 0.3) is 0 Å². The van der Waals surface area contributed by atoms with Gasteiger partial charge in [0.2, 0.25) is 0 Å². The summed E-state index contributed by atoms with van der Waals surface area (Å²) in [7, 11) is 0. The van der Waals surface area contributed by atoms with Gasteiger partial charge in [0, 0.05) is 5.69 Å². The number of hydrogen-bond acceptors (Lipinski definition) is 13. The van der Waals surface area contributed by atoms with Gasteiger partial charge in [-0.3, -0.25) is 4.90 Å². The molecule has 56 heavy (non-hydrogen) atoms. The van der Waals surface area contributed by atoms with Crippen LogP contribution in [0.5, 0.6) is 5.75 Å². The minimum absolute atomic E-state index is 0.0137. The van der Waals surface area contributed by atoms with E-state index < -0.39 is 79.7 Å². The summed E-state index contributed by atoms with van der Waals surface area (Å²) in [6.07, 6.45) is -10.2. The minimum Gasteiger partial charge on any atom is -0.494 e. The molecule has 0 aromatic heterocycles. The largest absolute Gasteiger partial charge is 0.494 e. The summed E-state index contributed by atoms with van der Waals surface area (Å²) in [5.74, 6) is -1.69. The Kier molecular flexibility index (Phi) is 11.6. The van der Waals surface area contributed by atoms with Crippen molar-refractivity contribution in [2.75, 3.05) is 31.3 Å². The third kappa shape index (κ3) is 7.56. The van der Waals surface area contributed by atoms with Crippen molar-refractivity contribution >= 4 is 40.9 Å². The summed E-state index contributed by atoms with van der Waals surface area (Å²) < 4.78 is 36.5. The highest BCUT2D eigenvalue weighted by molar-refractivity contribution is 7.80. The van der Waals surface area contributed by atoms with Crippen molar-refractivity contribution in [3.8, 4) is 5.75 Å². The van der Waals surface area contributed by atoms with Gasteiger partial charge in [-0.05, 0) is 79.8 Å². The lowest BCUT2D eigenvalue weighted by atomic mass is 10.0. The second kappa shape index (κ2) is 16.8. The topological polar surface area (TPSA) is 174 Å². The molecule has 0 aliphatic carbocycles. The number of carbonyl (C=O) groups excluding carboxylic acids is 3. The summed E-state index contributed by atoms with van der Waals surface area (Å²) in [5.41, 5.74) is -0.754. The zero-order valence-corrected chi connectivity index (χ0v) is 31.0.